The molecular weight excluding hydrogens is 677 g/mol. The molecule has 0 amide bonds. The number of fused-ring (bicyclic) bond motifs is 10. The summed E-state index contributed by atoms with van der Waals surface area (Å²) in [6.07, 6.45) is 4.10. The summed E-state index contributed by atoms with van der Waals surface area (Å²) in [5.41, 5.74) is 12.4. The Balaban J connectivity index is 0.913. The number of hydrogen-bond donors (Lipinski definition) is 0. The number of thiophene rings is 1. The summed E-state index contributed by atoms with van der Waals surface area (Å²) in [6, 6.07) is 50.2. The van der Waals surface area contributed by atoms with Crippen LogP contribution >= 0.6 is 11.3 Å². The summed E-state index contributed by atoms with van der Waals surface area (Å²) in [4.78, 5) is 14.9. The van der Waals surface area contributed by atoms with Gasteiger partial charge in [0.25, 0.3) is 0 Å². The Hall–Kier alpha value is -5.96. The molecule has 254 valence electrons. The maximum atomic E-state index is 10.4. The van der Waals surface area contributed by atoms with Gasteiger partial charge in [0.05, 0.1) is 11.6 Å². The molecule has 4 atom stereocenters. The molecule has 4 saturated carbocycles. The molecule has 2 spiro atoms. The van der Waals surface area contributed by atoms with Crippen LogP contribution in [0.5, 0.6) is 0 Å². The van der Waals surface area contributed by atoms with Crippen molar-refractivity contribution in [3.8, 4) is 62.5 Å². The van der Waals surface area contributed by atoms with E-state index < -0.39 is 0 Å². The second-order valence-electron chi connectivity index (χ2n) is 16.2. The Morgan fingerprint density at radius 3 is 1.74 bits per heavy atom. The summed E-state index contributed by atoms with van der Waals surface area (Å²) in [7, 11) is 0. The van der Waals surface area contributed by atoms with Gasteiger partial charge in [-0.2, -0.15) is 5.26 Å². The van der Waals surface area contributed by atoms with Gasteiger partial charge in [-0.05, 0) is 106 Å². The molecule has 0 N–H and O–H groups in total. The van der Waals surface area contributed by atoms with Gasteiger partial charge in [0.2, 0.25) is 0 Å². The number of rotatable bonds is 4. The minimum Gasteiger partial charge on any atom is -0.208 e. The van der Waals surface area contributed by atoms with Crippen LogP contribution in [0.4, 0.5) is 0 Å². The molecule has 0 saturated heterocycles. The smallest absolute Gasteiger partial charge is 0.164 e. The van der Waals surface area contributed by atoms with Crippen molar-refractivity contribution in [2.24, 2.45) is 29.1 Å². The van der Waals surface area contributed by atoms with Crippen LogP contribution < -0.4 is 0 Å². The Labute approximate surface area is 316 Å². The van der Waals surface area contributed by atoms with Crippen LogP contribution in [0.2, 0.25) is 0 Å². The highest BCUT2D eigenvalue weighted by atomic mass is 32.1. The highest BCUT2D eigenvalue weighted by Crippen LogP contribution is 2.95. The number of nitrogens with zero attached hydrogens (tertiary/aromatic N) is 4. The van der Waals surface area contributed by atoms with E-state index in [0.717, 1.165) is 34.1 Å². The third kappa shape index (κ3) is 3.43. The van der Waals surface area contributed by atoms with Gasteiger partial charge in [0.15, 0.2) is 17.5 Å². The fourth-order valence-electron chi connectivity index (χ4n) is 12.4. The highest BCUT2D eigenvalue weighted by molar-refractivity contribution is 7.25. The summed E-state index contributed by atoms with van der Waals surface area (Å²) in [5, 5.41) is 12.9. The van der Waals surface area contributed by atoms with E-state index in [-0.39, 0.29) is 5.41 Å². The number of nitriles is 1. The molecule has 2 aromatic heterocycles. The number of benzene rings is 6. The maximum absolute atomic E-state index is 10.4. The van der Waals surface area contributed by atoms with Crippen molar-refractivity contribution in [1.82, 2.24) is 15.0 Å². The molecule has 6 aromatic carbocycles. The van der Waals surface area contributed by atoms with Crippen molar-refractivity contribution in [2.75, 3.05) is 0 Å². The normalized spacial score (nSPS) is 26.1. The molecule has 0 bridgehead atoms. The zero-order chi connectivity index (χ0) is 35.3. The third-order valence-corrected chi connectivity index (χ3v) is 15.6. The van der Waals surface area contributed by atoms with Gasteiger partial charge in [0.1, 0.15) is 0 Å². The van der Waals surface area contributed by atoms with E-state index in [1.165, 1.54) is 72.8 Å². The van der Waals surface area contributed by atoms with Crippen molar-refractivity contribution < 1.29 is 0 Å². The lowest BCUT2D eigenvalue weighted by Gasteiger charge is -2.92. The molecule has 2 heterocycles. The van der Waals surface area contributed by atoms with E-state index >= 15 is 0 Å². The first-order valence-corrected chi connectivity index (χ1v) is 20.0. The van der Waals surface area contributed by atoms with E-state index in [1.807, 2.05) is 72.0 Å². The molecule has 0 aliphatic heterocycles. The second-order valence-corrected chi connectivity index (χ2v) is 17.3. The average Bonchev–Trinajstić information content (AvgIpc) is 3.72. The molecule has 4 unspecified atom stereocenters. The van der Waals surface area contributed by atoms with Gasteiger partial charge < -0.3 is 0 Å². The second kappa shape index (κ2) is 10.2. The number of aromatic nitrogens is 3. The molecule has 5 aliphatic rings. The molecule has 4 fully saturated rings. The van der Waals surface area contributed by atoms with Gasteiger partial charge in [-0.3, -0.25) is 0 Å². The van der Waals surface area contributed by atoms with Crippen LogP contribution in [0.1, 0.15) is 36.0 Å². The Kier molecular flexibility index (Phi) is 5.55. The zero-order valence-corrected chi connectivity index (χ0v) is 30.1. The minimum absolute atomic E-state index is 0.00825. The monoisotopic (exact) mass is 708 g/mol. The standard InChI is InChI=1S/C49H32N4S/c50-26-32-12-7-13-38-35-17-14-29(20-39(35)49(44(32)38)42-24-33-23-34-25-43(49)48(33,34)42)30-15-18-36-37-19-16-31(22-41(37)54-40(36)21-30)47-52-45(27-8-3-1-4-9-27)51-46(53-47)28-10-5-2-6-11-28/h1-22,33-34,42-43H,23-25H2. The summed E-state index contributed by atoms with van der Waals surface area (Å²) >= 11 is 1.83. The van der Waals surface area contributed by atoms with Crippen LogP contribution in [-0.2, 0) is 5.41 Å². The molecule has 8 aromatic rings. The van der Waals surface area contributed by atoms with Crippen molar-refractivity contribution in [1.29, 1.82) is 5.26 Å². The van der Waals surface area contributed by atoms with Crippen LogP contribution in [0.3, 0.4) is 0 Å². The summed E-state index contributed by atoms with van der Waals surface area (Å²) in [6.45, 7) is 0. The Morgan fingerprint density at radius 2 is 1.11 bits per heavy atom. The third-order valence-electron chi connectivity index (χ3n) is 14.4. The fraction of sp³-hybridized carbons (Fsp3) is 0.184. The lowest BCUT2D eigenvalue weighted by molar-refractivity contribution is -0.412. The maximum Gasteiger partial charge on any atom is 0.164 e. The van der Waals surface area contributed by atoms with Gasteiger partial charge in [-0.1, -0.05) is 109 Å². The van der Waals surface area contributed by atoms with E-state index in [4.69, 9.17) is 15.0 Å². The van der Waals surface area contributed by atoms with Crippen LogP contribution in [0, 0.1) is 40.4 Å². The molecule has 5 aliphatic carbocycles. The molecule has 5 heteroatoms. The fourth-order valence-corrected chi connectivity index (χ4v) is 13.6. The highest BCUT2D eigenvalue weighted by Gasteiger charge is 2.90. The van der Waals surface area contributed by atoms with Gasteiger partial charge >= 0.3 is 0 Å². The molecule has 13 rings (SSSR count). The van der Waals surface area contributed by atoms with E-state index in [1.54, 1.807) is 0 Å². The van der Waals surface area contributed by atoms with E-state index in [2.05, 4.69) is 78.9 Å². The first kappa shape index (κ1) is 29.5. The molecule has 0 radical (unpaired) electrons. The zero-order valence-electron chi connectivity index (χ0n) is 29.3. The van der Waals surface area contributed by atoms with Crippen molar-refractivity contribution in [3.63, 3.8) is 0 Å². The topological polar surface area (TPSA) is 62.5 Å². The van der Waals surface area contributed by atoms with Crippen molar-refractivity contribution in [3.05, 3.63) is 150 Å². The van der Waals surface area contributed by atoms with E-state index in [0.29, 0.717) is 34.7 Å². The summed E-state index contributed by atoms with van der Waals surface area (Å²) < 4.78 is 2.49. The SMILES string of the molecule is N#Cc1cccc2c1C1(c3cc(-c4ccc5c(c4)sc4cc(-c6nc(-c7ccccc7)nc(-c7ccccc7)n6)ccc45)ccc3-2)C2CC3CC4CC1C342. The lowest BCUT2D eigenvalue weighted by Crippen LogP contribution is -2.88. The largest absolute Gasteiger partial charge is 0.208 e. The Morgan fingerprint density at radius 1 is 0.537 bits per heavy atom. The average molecular weight is 709 g/mol. The quantitative estimate of drug-likeness (QED) is 0.183. The Bertz CT molecular complexity index is 2900. The molecular formula is C49H32N4S. The van der Waals surface area contributed by atoms with Crippen LogP contribution in [-0.4, -0.2) is 15.0 Å². The van der Waals surface area contributed by atoms with Crippen LogP contribution in [0.25, 0.3) is 76.6 Å². The molecule has 4 nitrogen and oxygen atoms in total. The first-order chi connectivity index (χ1) is 26.7. The summed E-state index contributed by atoms with van der Waals surface area (Å²) in [5.74, 6) is 5.25. The minimum atomic E-state index is 0.00825. The first-order valence-electron chi connectivity index (χ1n) is 19.2. The van der Waals surface area contributed by atoms with Crippen molar-refractivity contribution in [2.45, 2.75) is 24.7 Å². The van der Waals surface area contributed by atoms with Gasteiger partial charge in [0, 0.05) is 42.3 Å². The number of hydrogen-bond acceptors (Lipinski definition) is 5. The lowest BCUT2D eigenvalue weighted by atomic mass is 9.11. The predicted molar refractivity (Wildman–Crippen MR) is 216 cm³/mol. The van der Waals surface area contributed by atoms with E-state index in [9.17, 15) is 5.26 Å². The van der Waals surface area contributed by atoms with Gasteiger partial charge in [-0.25, -0.2) is 15.0 Å². The van der Waals surface area contributed by atoms with Gasteiger partial charge in [-0.15, -0.1) is 11.3 Å². The molecule has 54 heavy (non-hydrogen) atoms. The van der Waals surface area contributed by atoms with Crippen molar-refractivity contribution >= 4 is 31.5 Å². The van der Waals surface area contributed by atoms with Crippen LogP contribution in [0.15, 0.2) is 133 Å². The predicted octanol–water partition coefficient (Wildman–Crippen LogP) is 11.7.